The van der Waals surface area contributed by atoms with Crippen LogP contribution in [0.25, 0.3) is 10.9 Å². The number of hydrogen-bond acceptors (Lipinski definition) is 7. The highest BCUT2D eigenvalue weighted by atomic mass is 35.5. The molecule has 0 bridgehead atoms. The summed E-state index contributed by atoms with van der Waals surface area (Å²) >= 11 is 6.51. The molecule has 0 saturated heterocycles. The highest BCUT2D eigenvalue weighted by Gasteiger charge is 2.34. The molecule has 4 rings (SSSR count). The summed E-state index contributed by atoms with van der Waals surface area (Å²) in [6, 6.07) is 12.5. The van der Waals surface area contributed by atoms with E-state index in [0.717, 1.165) is 18.2 Å². The normalized spacial score (nSPS) is 11.4. The summed E-state index contributed by atoms with van der Waals surface area (Å²) in [5.41, 5.74) is 2.00. The van der Waals surface area contributed by atoms with Crippen LogP contribution in [-0.4, -0.2) is 41.4 Å². The molecule has 0 fully saturated rings. The lowest BCUT2D eigenvalue weighted by Gasteiger charge is -2.16. The molecule has 8 nitrogen and oxygen atoms in total. The third-order valence-corrected chi connectivity index (χ3v) is 6.70. The number of pyridine rings is 2. The van der Waals surface area contributed by atoms with E-state index >= 15 is 0 Å². The molecule has 0 unspecified atom stereocenters. The number of fused-ring (bicyclic) bond motifs is 1. The second-order valence-electron chi connectivity index (χ2n) is 9.85. The number of carbonyl (C=O) groups is 1. The van der Waals surface area contributed by atoms with Crippen LogP contribution in [0.5, 0.6) is 5.75 Å². The Kier molecular flexibility index (Phi) is 9.50. The Morgan fingerprint density at radius 1 is 1.14 bits per heavy atom. The molecular formula is C30H28ClF3N6O2. The number of hydrogen-bond donors (Lipinski definition) is 2. The molecule has 0 radical (unpaired) electrons. The first kappa shape index (κ1) is 30.6. The van der Waals surface area contributed by atoms with Gasteiger partial charge in [0.15, 0.2) is 0 Å². The second kappa shape index (κ2) is 13.1. The maximum absolute atomic E-state index is 13.3. The minimum atomic E-state index is -4.56. The van der Waals surface area contributed by atoms with Gasteiger partial charge in [-0.05, 0) is 75.9 Å². The van der Waals surface area contributed by atoms with Crippen LogP contribution < -0.4 is 15.4 Å². The highest BCUT2D eigenvalue weighted by molar-refractivity contribution is 6.33. The predicted molar refractivity (Wildman–Crippen MR) is 156 cm³/mol. The van der Waals surface area contributed by atoms with E-state index in [1.54, 1.807) is 18.2 Å². The lowest BCUT2D eigenvalue weighted by molar-refractivity contribution is -0.138. The SMILES string of the molecule is Cc1cc2ncc(C#N)c(Nc3ccc(OCc4ncccc4C(F)(F)F)cc3Cl)c2cc1NC(=O)CCCN(C)C. The molecule has 2 N–H and O–H groups in total. The van der Waals surface area contributed by atoms with Gasteiger partial charge in [-0.15, -0.1) is 0 Å². The van der Waals surface area contributed by atoms with Crippen molar-refractivity contribution in [2.75, 3.05) is 31.3 Å². The number of nitrogens with one attached hydrogen (secondary N) is 2. The summed E-state index contributed by atoms with van der Waals surface area (Å²) in [5.74, 6) is 0.115. The molecule has 0 aliphatic rings. The van der Waals surface area contributed by atoms with Crippen molar-refractivity contribution in [1.82, 2.24) is 14.9 Å². The summed E-state index contributed by atoms with van der Waals surface area (Å²) in [6.07, 6.45) is -0.776. The van der Waals surface area contributed by atoms with Gasteiger partial charge in [-0.3, -0.25) is 14.8 Å². The van der Waals surface area contributed by atoms with E-state index in [0.29, 0.717) is 40.8 Å². The molecule has 4 aromatic rings. The van der Waals surface area contributed by atoms with E-state index in [2.05, 4.69) is 26.7 Å². The molecule has 0 aliphatic carbocycles. The Morgan fingerprint density at radius 3 is 2.62 bits per heavy atom. The highest BCUT2D eigenvalue weighted by Crippen LogP contribution is 2.36. The third kappa shape index (κ3) is 7.46. The fourth-order valence-electron chi connectivity index (χ4n) is 4.25. The lowest BCUT2D eigenvalue weighted by atomic mass is 10.0. The van der Waals surface area contributed by atoms with Crippen LogP contribution in [-0.2, 0) is 17.6 Å². The van der Waals surface area contributed by atoms with Gasteiger partial charge in [-0.25, -0.2) is 0 Å². The van der Waals surface area contributed by atoms with Gasteiger partial charge in [0.25, 0.3) is 0 Å². The number of carbonyl (C=O) groups excluding carboxylic acids is 1. The smallest absolute Gasteiger partial charge is 0.418 e. The van der Waals surface area contributed by atoms with Crippen LogP contribution in [0.1, 0.15) is 35.2 Å². The largest absolute Gasteiger partial charge is 0.487 e. The van der Waals surface area contributed by atoms with Crippen molar-refractivity contribution < 1.29 is 22.7 Å². The molecule has 2 aromatic carbocycles. The molecule has 2 aromatic heterocycles. The van der Waals surface area contributed by atoms with E-state index in [4.69, 9.17) is 16.3 Å². The first-order chi connectivity index (χ1) is 20.0. The van der Waals surface area contributed by atoms with Gasteiger partial charge in [-0.2, -0.15) is 18.4 Å². The van der Waals surface area contributed by atoms with Crippen LogP contribution in [0.4, 0.5) is 30.2 Å². The number of nitrogens with zero attached hydrogens (tertiary/aromatic N) is 4. The molecule has 0 atom stereocenters. The fourth-order valence-corrected chi connectivity index (χ4v) is 4.47. The number of halogens is 4. The first-order valence-corrected chi connectivity index (χ1v) is 13.3. The topological polar surface area (TPSA) is 103 Å². The first-order valence-electron chi connectivity index (χ1n) is 12.9. The minimum Gasteiger partial charge on any atom is -0.487 e. The van der Waals surface area contributed by atoms with Gasteiger partial charge < -0.3 is 20.3 Å². The molecule has 12 heteroatoms. The number of rotatable bonds is 10. The number of aryl methyl sites for hydroxylation is 1. The Bertz CT molecular complexity index is 1650. The number of nitriles is 1. The van der Waals surface area contributed by atoms with E-state index < -0.39 is 18.3 Å². The summed E-state index contributed by atoms with van der Waals surface area (Å²) in [6.45, 7) is 2.24. The minimum absolute atomic E-state index is 0.120. The maximum atomic E-state index is 13.3. The number of ether oxygens (including phenoxy) is 1. The summed E-state index contributed by atoms with van der Waals surface area (Å²) < 4.78 is 45.4. The molecule has 0 saturated carbocycles. The van der Waals surface area contributed by atoms with Gasteiger partial charge in [0, 0.05) is 36.0 Å². The van der Waals surface area contributed by atoms with Crippen molar-refractivity contribution in [3.8, 4) is 11.8 Å². The summed E-state index contributed by atoms with van der Waals surface area (Å²) in [4.78, 5) is 22.8. The zero-order valence-corrected chi connectivity index (χ0v) is 23.9. The number of anilines is 3. The molecule has 218 valence electrons. The quantitative estimate of drug-likeness (QED) is 0.201. The van der Waals surface area contributed by atoms with Crippen molar-refractivity contribution in [1.29, 1.82) is 5.26 Å². The van der Waals surface area contributed by atoms with E-state index in [-0.39, 0.29) is 27.9 Å². The molecular weight excluding hydrogens is 569 g/mol. The maximum Gasteiger partial charge on any atom is 0.418 e. The van der Waals surface area contributed by atoms with Crippen LogP contribution in [0, 0.1) is 18.3 Å². The van der Waals surface area contributed by atoms with Crippen LogP contribution in [0.3, 0.4) is 0 Å². The Morgan fingerprint density at radius 2 is 1.93 bits per heavy atom. The summed E-state index contributed by atoms with van der Waals surface area (Å²) in [5, 5.41) is 16.7. The molecule has 2 heterocycles. The van der Waals surface area contributed by atoms with E-state index in [1.807, 2.05) is 32.0 Å². The number of alkyl halides is 3. The van der Waals surface area contributed by atoms with E-state index in [9.17, 15) is 23.2 Å². The van der Waals surface area contributed by atoms with Gasteiger partial charge in [-0.1, -0.05) is 11.6 Å². The molecule has 0 aliphatic heterocycles. The molecule has 0 spiro atoms. The van der Waals surface area contributed by atoms with Crippen molar-refractivity contribution >= 4 is 45.5 Å². The number of aromatic nitrogens is 2. The van der Waals surface area contributed by atoms with Crippen LogP contribution in [0.2, 0.25) is 5.02 Å². The van der Waals surface area contributed by atoms with Gasteiger partial charge in [0.1, 0.15) is 18.4 Å². The average Bonchev–Trinajstić information content (AvgIpc) is 2.93. The van der Waals surface area contributed by atoms with Gasteiger partial charge >= 0.3 is 6.18 Å². The van der Waals surface area contributed by atoms with Gasteiger partial charge in [0.2, 0.25) is 5.91 Å². The van der Waals surface area contributed by atoms with Crippen molar-refractivity contribution in [3.05, 3.63) is 82.3 Å². The number of amides is 1. The molecule has 1 amide bonds. The average molecular weight is 597 g/mol. The van der Waals surface area contributed by atoms with Crippen LogP contribution >= 0.6 is 11.6 Å². The van der Waals surface area contributed by atoms with E-state index in [1.165, 1.54) is 24.5 Å². The van der Waals surface area contributed by atoms with Crippen molar-refractivity contribution in [2.45, 2.75) is 32.5 Å². The van der Waals surface area contributed by atoms with Crippen LogP contribution in [0.15, 0.2) is 54.9 Å². The predicted octanol–water partition coefficient (Wildman–Crippen LogP) is 7.09. The second-order valence-corrected chi connectivity index (χ2v) is 10.3. The zero-order chi connectivity index (χ0) is 30.4. The van der Waals surface area contributed by atoms with Gasteiger partial charge in [0.05, 0.1) is 38.7 Å². The van der Waals surface area contributed by atoms with Crippen molar-refractivity contribution in [2.24, 2.45) is 0 Å². The number of benzene rings is 2. The summed E-state index contributed by atoms with van der Waals surface area (Å²) in [7, 11) is 3.89. The Balaban J connectivity index is 1.58. The standard InChI is InChI=1S/C30H28ClF3N6O2/c1-18-12-26-21(14-25(18)38-28(41)7-5-11-40(2)3)29(19(15-35)16-37-26)39-24-9-8-20(13-23(24)31)42-17-27-22(30(32,33)34)6-4-10-36-27/h4,6,8-10,12-14,16H,5,7,11,17H2,1-3H3,(H,37,39)(H,38,41). The Labute approximate surface area is 246 Å². The Hall–Kier alpha value is -4.40. The molecule has 42 heavy (non-hydrogen) atoms. The monoisotopic (exact) mass is 596 g/mol. The van der Waals surface area contributed by atoms with Crippen molar-refractivity contribution in [3.63, 3.8) is 0 Å². The fraction of sp³-hybridized carbons (Fsp3) is 0.267. The third-order valence-electron chi connectivity index (χ3n) is 6.39. The zero-order valence-electron chi connectivity index (χ0n) is 23.1. The lowest BCUT2D eigenvalue weighted by Crippen LogP contribution is -2.17.